The van der Waals surface area contributed by atoms with Crippen molar-refractivity contribution in [2.75, 3.05) is 13.1 Å². The number of carbonyl (C=O) groups is 1. The summed E-state index contributed by atoms with van der Waals surface area (Å²) in [6.45, 7) is 3.58. The van der Waals surface area contributed by atoms with Crippen LogP contribution in [0.15, 0.2) is 22.7 Å². The third-order valence-corrected chi connectivity index (χ3v) is 4.27. The summed E-state index contributed by atoms with van der Waals surface area (Å²) in [4.78, 5) is 11.5. The lowest BCUT2D eigenvalue weighted by atomic mass is 10.1. The van der Waals surface area contributed by atoms with Crippen LogP contribution >= 0.6 is 15.9 Å². The van der Waals surface area contributed by atoms with E-state index in [-0.39, 0.29) is 5.91 Å². The van der Waals surface area contributed by atoms with Crippen molar-refractivity contribution in [2.24, 2.45) is 0 Å². The van der Waals surface area contributed by atoms with E-state index in [2.05, 4.69) is 51.7 Å². The van der Waals surface area contributed by atoms with Gasteiger partial charge in [0, 0.05) is 30.0 Å². The van der Waals surface area contributed by atoms with Crippen molar-refractivity contribution in [2.45, 2.75) is 38.6 Å². The van der Waals surface area contributed by atoms with Crippen molar-refractivity contribution in [3.05, 3.63) is 33.8 Å². The molecule has 0 fully saturated rings. The zero-order valence-corrected chi connectivity index (χ0v) is 12.9. The van der Waals surface area contributed by atoms with Gasteiger partial charge < -0.3 is 10.6 Å². The summed E-state index contributed by atoms with van der Waals surface area (Å²) in [6, 6.07) is 6.75. The number of halogens is 1. The Hall–Kier alpha value is -0.870. The van der Waals surface area contributed by atoms with Gasteiger partial charge in [0.2, 0.25) is 5.91 Å². The second-order valence-electron chi connectivity index (χ2n) is 4.95. The number of carbonyl (C=O) groups excluding carboxylic acids is 1. The molecule has 104 valence electrons. The maximum Gasteiger partial charge on any atom is 0.221 e. The van der Waals surface area contributed by atoms with Crippen LogP contribution in [0.3, 0.4) is 0 Å². The molecule has 1 amide bonds. The van der Waals surface area contributed by atoms with Gasteiger partial charge in [0.05, 0.1) is 0 Å². The molecule has 3 nitrogen and oxygen atoms in total. The molecule has 1 aliphatic rings. The molecule has 1 unspecified atom stereocenters. The molecule has 19 heavy (non-hydrogen) atoms. The average Bonchev–Trinajstić information content (AvgIpc) is 2.81. The molecular weight excluding hydrogens is 304 g/mol. The normalized spacial score (nSPS) is 17.3. The SMILES string of the molecule is CCCNC(=O)CCNC1CCc2c(Br)cccc21. The van der Waals surface area contributed by atoms with Crippen molar-refractivity contribution >= 4 is 21.8 Å². The van der Waals surface area contributed by atoms with Crippen molar-refractivity contribution in [1.82, 2.24) is 10.6 Å². The molecule has 0 heterocycles. The Balaban J connectivity index is 1.80. The molecule has 4 heteroatoms. The maximum absolute atomic E-state index is 11.5. The minimum atomic E-state index is 0.141. The highest BCUT2D eigenvalue weighted by molar-refractivity contribution is 9.10. The first kappa shape index (κ1) is 14.5. The Bertz CT molecular complexity index is 448. The third kappa shape index (κ3) is 3.80. The summed E-state index contributed by atoms with van der Waals surface area (Å²) in [5, 5.41) is 6.39. The van der Waals surface area contributed by atoms with E-state index in [1.54, 1.807) is 0 Å². The van der Waals surface area contributed by atoms with Crippen LogP contribution in [0.4, 0.5) is 0 Å². The molecule has 2 N–H and O–H groups in total. The quantitative estimate of drug-likeness (QED) is 0.844. The van der Waals surface area contributed by atoms with Crippen LogP contribution < -0.4 is 10.6 Å². The number of amides is 1. The minimum absolute atomic E-state index is 0.141. The molecule has 0 bridgehead atoms. The zero-order valence-electron chi connectivity index (χ0n) is 11.3. The molecule has 0 aromatic heterocycles. The van der Waals surface area contributed by atoms with Crippen LogP contribution in [0.2, 0.25) is 0 Å². The van der Waals surface area contributed by atoms with Crippen molar-refractivity contribution in [3.8, 4) is 0 Å². The Morgan fingerprint density at radius 2 is 2.26 bits per heavy atom. The van der Waals surface area contributed by atoms with E-state index in [0.29, 0.717) is 12.5 Å². The summed E-state index contributed by atoms with van der Waals surface area (Å²) in [7, 11) is 0. The van der Waals surface area contributed by atoms with Crippen LogP contribution in [0, 0.1) is 0 Å². The first-order valence-electron chi connectivity index (χ1n) is 6.99. The molecular formula is C15H21BrN2O. The van der Waals surface area contributed by atoms with E-state index in [1.807, 2.05) is 0 Å². The Labute approximate surface area is 123 Å². The molecule has 0 spiro atoms. The van der Waals surface area contributed by atoms with Crippen LogP contribution in [0.5, 0.6) is 0 Å². The molecule has 1 aromatic rings. The van der Waals surface area contributed by atoms with Crippen LogP contribution in [-0.4, -0.2) is 19.0 Å². The third-order valence-electron chi connectivity index (χ3n) is 3.53. The van der Waals surface area contributed by atoms with Gasteiger partial charge in [-0.3, -0.25) is 4.79 Å². The lowest BCUT2D eigenvalue weighted by Crippen LogP contribution is -2.29. The highest BCUT2D eigenvalue weighted by Crippen LogP contribution is 2.35. The summed E-state index contributed by atoms with van der Waals surface area (Å²) >= 11 is 3.60. The van der Waals surface area contributed by atoms with E-state index in [9.17, 15) is 4.79 Å². The van der Waals surface area contributed by atoms with E-state index < -0.39 is 0 Å². The topological polar surface area (TPSA) is 41.1 Å². The monoisotopic (exact) mass is 324 g/mol. The summed E-state index contributed by atoms with van der Waals surface area (Å²) in [6.07, 6.45) is 3.77. The number of benzene rings is 1. The van der Waals surface area contributed by atoms with Crippen LogP contribution in [0.1, 0.15) is 43.4 Å². The average molecular weight is 325 g/mol. The second-order valence-corrected chi connectivity index (χ2v) is 5.81. The Morgan fingerprint density at radius 1 is 1.42 bits per heavy atom. The van der Waals surface area contributed by atoms with Gasteiger partial charge in [0.15, 0.2) is 0 Å². The fourth-order valence-electron chi connectivity index (χ4n) is 2.53. The van der Waals surface area contributed by atoms with Crippen molar-refractivity contribution in [1.29, 1.82) is 0 Å². The van der Waals surface area contributed by atoms with Gasteiger partial charge in [-0.05, 0) is 36.5 Å². The highest BCUT2D eigenvalue weighted by atomic mass is 79.9. The molecule has 0 saturated heterocycles. The van der Waals surface area contributed by atoms with Gasteiger partial charge in [0.25, 0.3) is 0 Å². The lowest BCUT2D eigenvalue weighted by Gasteiger charge is -2.14. The van der Waals surface area contributed by atoms with Crippen LogP contribution in [-0.2, 0) is 11.2 Å². The Morgan fingerprint density at radius 3 is 3.05 bits per heavy atom. The van der Waals surface area contributed by atoms with Gasteiger partial charge in [0.1, 0.15) is 0 Å². The molecule has 1 atom stereocenters. The van der Waals surface area contributed by atoms with Crippen LogP contribution in [0.25, 0.3) is 0 Å². The first-order chi connectivity index (χ1) is 9.22. The van der Waals surface area contributed by atoms with E-state index in [4.69, 9.17) is 0 Å². The number of rotatable bonds is 6. The molecule has 0 aliphatic heterocycles. The fraction of sp³-hybridized carbons (Fsp3) is 0.533. The number of hydrogen-bond donors (Lipinski definition) is 2. The van der Waals surface area contributed by atoms with Crippen molar-refractivity contribution in [3.63, 3.8) is 0 Å². The second kappa shape index (κ2) is 7.06. The number of nitrogens with one attached hydrogen (secondary N) is 2. The summed E-state index contributed by atoms with van der Waals surface area (Å²) in [5.74, 6) is 0.141. The number of hydrogen-bond acceptors (Lipinski definition) is 2. The largest absolute Gasteiger partial charge is 0.356 e. The predicted molar refractivity (Wildman–Crippen MR) is 81.1 cm³/mol. The fourth-order valence-corrected chi connectivity index (χ4v) is 3.11. The highest BCUT2D eigenvalue weighted by Gasteiger charge is 2.23. The van der Waals surface area contributed by atoms with E-state index in [0.717, 1.165) is 32.4 Å². The van der Waals surface area contributed by atoms with Gasteiger partial charge in [-0.1, -0.05) is 35.0 Å². The smallest absolute Gasteiger partial charge is 0.221 e. The zero-order chi connectivity index (χ0) is 13.7. The summed E-state index contributed by atoms with van der Waals surface area (Å²) in [5.41, 5.74) is 2.79. The maximum atomic E-state index is 11.5. The molecule has 0 saturated carbocycles. The molecule has 1 aromatic carbocycles. The lowest BCUT2D eigenvalue weighted by molar-refractivity contribution is -0.121. The van der Waals surface area contributed by atoms with Gasteiger partial charge in [-0.25, -0.2) is 0 Å². The standard InChI is InChI=1S/C15H21BrN2O/c1-2-9-18-15(19)8-10-17-14-7-6-11-12(14)4-3-5-13(11)16/h3-5,14,17H,2,6-10H2,1H3,(H,18,19). The Kier molecular flexibility index (Phi) is 5.40. The van der Waals surface area contributed by atoms with E-state index in [1.165, 1.54) is 15.6 Å². The first-order valence-corrected chi connectivity index (χ1v) is 7.79. The van der Waals surface area contributed by atoms with Gasteiger partial charge in [-0.15, -0.1) is 0 Å². The minimum Gasteiger partial charge on any atom is -0.356 e. The molecule has 2 rings (SSSR count). The summed E-state index contributed by atoms with van der Waals surface area (Å²) < 4.78 is 1.20. The predicted octanol–water partition coefficient (Wildman–Crippen LogP) is 2.94. The number of fused-ring (bicyclic) bond motifs is 1. The molecule has 1 aliphatic carbocycles. The van der Waals surface area contributed by atoms with Gasteiger partial charge in [-0.2, -0.15) is 0 Å². The van der Waals surface area contributed by atoms with E-state index >= 15 is 0 Å². The van der Waals surface area contributed by atoms with Gasteiger partial charge >= 0.3 is 0 Å². The molecule has 0 radical (unpaired) electrons. The van der Waals surface area contributed by atoms with Crippen molar-refractivity contribution < 1.29 is 4.79 Å².